The number of carbonyl (C=O) groups excluding carboxylic acids is 1. The van der Waals surface area contributed by atoms with E-state index >= 15 is 0 Å². The summed E-state index contributed by atoms with van der Waals surface area (Å²) in [6.45, 7) is 0. The summed E-state index contributed by atoms with van der Waals surface area (Å²) in [5.41, 5.74) is 3.26. The van der Waals surface area contributed by atoms with Crippen molar-refractivity contribution in [2.75, 3.05) is 24.3 Å². The molecule has 1 amide bonds. The lowest BCUT2D eigenvalue weighted by atomic mass is 10.1. The molecule has 3 nitrogen and oxygen atoms in total. The van der Waals surface area contributed by atoms with Crippen molar-refractivity contribution in [1.82, 2.24) is 0 Å². The lowest BCUT2D eigenvalue weighted by Gasteiger charge is -2.13. The van der Waals surface area contributed by atoms with Gasteiger partial charge in [-0.1, -0.05) is 30.3 Å². The number of nitrogens with one attached hydrogen (secondary N) is 1. The Morgan fingerprint density at radius 2 is 1.71 bits per heavy atom. The number of carbonyl (C=O) groups is 1. The molecule has 1 N–H and O–H groups in total. The Bertz CT molecular complexity index is 619. The first-order valence-corrected chi connectivity index (χ1v) is 7.28. The van der Waals surface area contributed by atoms with Crippen LogP contribution in [0, 0.1) is 5.92 Å². The second kappa shape index (κ2) is 5.60. The fourth-order valence-corrected chi connectivity index (χ4v) is 2.63. The van der Waals surface area contributed by atoms with Crippen LogP contribution in [0.2, 0.25) is 0 Å². The van der Waals surface area contributed by atoms with E-state index in [2.05, 4.69) is 17.4 Å². The minimum atomic E-state index is 0.112. The maximum absolute atomic E-state index is 12.3. The van der Waals surface area contributed by atoms with E-state index in [0.29, 0.717) is 5.92 Å². The predicted molar refractivity (Wildman–Crippen MR) is 86.7 cm³/mol. The van der Waals surface area contributed by atoms with Crippen LogP contribution in [0.25, 0.3) is 0 Å². The van der Waals surface area contributed by atoms with Gasteiger partial charge in [-0.25, -0.2) is 0 Å². The summed E-state index contributed by atoms with van der Waals surface area (Å²) in [5, 5.41) is 3.01. The fraction of sp³-hybridized carbons (Fsp3) is 0.278. The highest BCUT2D eigenvalue weighted by molar-refractivity contribution is 5.95. The van der Waals surface area contributed by atoms with Crippen LogP contribution in [-0.4, -0.2) is 20.0 Å². The molecule has 0 aromatic heterocycles. The molecule has 21 heavy (non-hydrogen) atoms. The van der Waals surface area contributed by atoms with Crippen molar-refractivity contribution in [2.24, 2.45) is 5.92 Å². The highest BCUT2D eigenvalue weighted by Gasteiger charge is 2.43. The Morgan fingerprint density at radius 1 is 1.05 bits per heavy atom. The second-order valence-electron chi connectivity index (χ2n) is 5.79. The smallest absolute Gasteiger partial charge is 0.228 e. The topological polar surface area (TPSA) is 32.3 Å². The van der Waals surface area contributed by atoms with Gasteiger partial charge >= 0.3 is 0 Å². The molecule has 0 bridgehead atoms. The third-order valence-corrected chi connectivity index (χ3v) is 4.01. The van der Waals surface area contributed by atoms with Gasteiger partial charge in [-0.3, -0.25) is 4.79 Å². The van der Waals surface area contributed by atoms with Crippen molar-refractivity contribution >= 4 is 17.3 Å². The molecule has 0 aliphatic heterocycles. The van der Waals surface area contributed by atoms with Crippen LogP contribution >= 0.6 is 0 Å². The molecule has 2 aromatic rings. The first-order chi connectivity index (χ1) is 10.1. The molecule has 108 valence electrons. The van der Waals surface area contributed by atoms with E-state index in [1.54, 1.807) is 0 Å². The monoisotopic (exact) mass is 280 g/mol. The summed E-state index contributed by atoms with van der Waals surface area (Å²) < 4.78 is 0. The second-order valence-corrected chi connectivity index (χ2v) is 5.79. The molecule has 2 atom stereocenters. The Kier molecular flexibility index (Phi) is 3.65. The maximum atomic E-state index is 12.3. The van der Waals surface area contributed by atoms with Gasteiger partial charge < -0.3 is 10.2 Å². The zero-order valence-electron chi connectivity index (χ0n) is 12.4. The van der Waals surface area contributed by atoms with E-state index in [1.807, 2.05) is 61.5 Å². The molecule has 1 aliphatic rings. The summed E-state index contributed by atoms with van der Waals surface area (Å²) in [4.78, 5) is 14.3. The lowest BCUT2D eigenvalue weighted by Crippen LogP contribution is -2.15. The van der Waals surface area contributed by atoms with Crippen molar-refractivity contribution in [2.45, 2.75) is 12.3 Å². The van der Waals surface area contributed by atoms with E-state index in [9.17, 15) is 4.79 Å². The Balaban J connectivity index is 1.60. The van der Waals surface area contributed by atoms with Gasteiger partial charge in [0.05, 0.1) is 0 Å². The molecule has 1 fully saturated rings. The average molecular weight is 280 g/mol. The molecule has 0 spiro atoms. The van der Waals surface area contributed by atoms with Crippen molar-refractivity contribution < 1.29 is 4.79 Å². The third-order valence-electron chi connectivity index (χ3n) is 4.01. The average Bonchev–Trinajstić information content (AvgIpc) is 3.29. The molecule has 3 rings (SSSR count). The molecular weight excluding hydrogens is 260 g/mol. The summed E-state index contributed by atoms with van der Waals surface area (Å²) in [5.74, 6) is 0.620. The van der Waals surface area contributed by atoms with E-state index in [1.165, 1.54) is 5.56 Å². The molecule has 0 saturated heterocycles. The number of benzene rings is 2. The number of amides is 1. The number of anilines is 2. The van der Waals surface area contributed by atoms with Gasteiger partial charge in [0.1, 0.15) is 0 Å². The number of rotatable bonds is 4. The summed E-state index contributed by atoms with van der Waals surface area (Å²) in [6, 6.07) is 18.2. The maximum Gasteiger partial charge on any atom is 0.228 e. The van der Waals surface area contributed by atoms with Crippen molar-refractivity contribution in [1.29, 1.82) is 0 Å². The van der Waals surface area contributed by atoms with Gasteiger partial charge in [-0.05, 0) is 42.2 Å². The number of hydrogen-bond acceptors (Lipinski definition) is 2. The summed E-state index contributed by atoms with van der Waals surface area (Å²) in [6.07, 6.45) is 0.950. The fourth-order valence-electron chi connectivity index (χ4n) is 2.63. The van der Waals surface area contributed by atoms with Crippen LogP contribution < -0.4 is 10.2 Å². The molecular formula is C18H20N2O. The van der Waals surface area contributed by atoms with E-state index in [-0.39, 0.29) is 11.8 Å². The molecule has 2 unspecified atom stereocenters. The molecule has 0 radical (unpaired) electrons. The lowest BCUT2D eigenvalue weighted by molar-refractivity contribution is -0.117. The molecule has 3 heteroatoms. The Morgan fingerprint density at radius 3 is 2.33 bits per heavy atom. The summed E-state index contributed by atoms with van der Waals surface area (Å²) >= 11 is 0. The minimum absolute atomic E-state index is 0.112. The zero-order valence-corrected chi connectivity index (χ0v) is 12.4. The van der Waals surface area contributed by atoms with Crippen LogP contribution in [0.15, 0.2) is 54.6 Å². The van der Waals surface area contributed by atoms with E-state index < -0.39 is 0 Å². The number of nitrogens with zero attached hydrogens (tertiary/aromatic N) is 1. The zero-order chi connectivity index (χ0) is 14.8. The summed E-state index contributed by atoms with van der Waals surface area (Å²) in [7, 11) is 4.00. The SMILES string of the molecule is CN(C)c1ccc(NC(=O)C2CC2c2ccccc2)cc1. The Labute approximate surface area is 125 Å². The Hall–Kier alpha value is -2.29. The van der Waals surface area contributed by atoms with Gasteiger partial charge in [0, 0.05) is 31.4 Å². The van der Waals surface area contributed by atoms with Crippen molar-refractivity contribution in [3.8, 4) is 0 Å². The van der Waals surface area contributed by atoms with Gasteiger partial charge in [0.15, 0.2) is 0 Å². The van der Waals surface area contributed by atoms with Gasteiger partial charge in [0.2, 0.25) is 5.91 Å². The third kappa shape index (κ3) is 3.07. The molecule has 1 saturated carbocycles. The van der Waals surface area contributed by atoms with Crippen LogP contribution in [0.5, 0.6) is 0 Å². The normalized spacial score (nSPS) is 19.9. The van der Waals surface area contributed by atoms with Crippen molar-refractivity contribution in [3.63, 3.8) is 0 Å². The highest BCUT2D eigenvalue weighted by atomic mass is 16.2. The van der Waals surface area contributed by atoms with Crippen LogP contribution in [0.1, 0.15) is 17.9 Å². The minimum Gasteiger partial charge on any atom is -0.378 e. The first kappa shape index (κ1) is 13.7. The standard InChI is InChI=1S/C18H20N2O/c1-20(2)15-10-8-14(9-11-15)19-18(21)17-12-16(17)13-6-4-3-5-7-13/h3-11,16-17H,12H2,1-2H3,(H,19,21). The van der Waals surface area contributed by atoms with Crippen LogP contribution in [-0.2, 0) is 4.79 Å². The first-order valence-electron chi connectivity index (χ1n) is 7.28. The van der Waals surface area contributed by atoms with Crippen molar-refractivity contribution in [3.05, 3.63) is 60.2 Å². The highest BCUT2D eigenvalue weighted by Crippen LogP contribution is 2.47. The predicted octanol–water partition coefficient (Wildman–Crippen LogP) is 3.49. The van der Waals surface area contributed by atoms with Gasteiger partial charge in [0.25, 0.3) is 0 Å². The van der Waals surface area contributed by atoms with Gasteiger partial charge in [-0.2, -0.15) is 0 Å². The largest absolute Gasteiger partial charge is 0.378 e. The molecule has 1 aliphatic carbocycles. The van der Waals surface area contributed by atoms with E-state index in [4.69, 9.17) is 0 Å². The number of hydrogen-bond donors (Lipinski definition) is 1. The molecule has 0 heterocycles. The van der Waals surface area contributed by atoms with E-state index in [0.717, 1.165) is 17.8 Å². The molecule has 2 aromatic carbocycles. The van der Waals surface area contributed by atoms with Crippen LogP contribution in [0.4, 0.5) is 11.4 Å². The quantitative estimate of drug-likeness (QED) is 0.929. The van der Waals surface area contributed by atoms with Crippen LogP contribution in [0.3, 0.4) is 0 Å². The van der Waals surface area contributed by atoms with Gasteiger partial charge in [-0.15, -0.1) is 0 Å².